The zero-order valence-corrected chi connectivity index (χ0v) is 13.2. The molecule has 0 fully saturated rings. The summed E-state index contributed by atoms with van der Waals surface area (Å²) in [6, 6.07) is 1.26. The Morgan fingerprint density at radius 1 is 0.952 bits per heavy atom. The average Bonchev–Trinajstić information content (AvgIpc) is 2.43. The molecule has 0 saturated heterocycles. The van der Waals surface area contributed by atoms with Crippen molar-refractivity contribution < 1.29 is 0 Å². The van der Waals surface area contributed by atoms with Gasteiger partial charge in [0.2, 0.25) is 0 Å². The maximum absolute atomic E-state index is 11.6. The minimum atomic E-state index is -0.433. The molecular formula is C16H29N3O2. The number of nitrogens with zero attached hydrogens (tertiary/aromatic N) is 1. The molecule has 3 N–H and O–H groups in total. The van der Waals surface area contributed by atoms with Gasteiger partial charge in [-0.05, 0) is 6.42 Å². The van der Waals surface area contributed by atoms with Crippen LogP contribution in [0.15, 0.2) is 15.7 Å². The van der Waals surface area contributed by atoms with Crippen molar-refractivity contribution in [3.05, 3.63) is 26.9 Å². The topological polar surface area (TPSA) is 80.9 Å². The van der Waals surface area contributed by atoms with Crippen molar-refractivity contribution in [1.82, 2.24) is 9.55 Å². The Labute approximate surface area is 126 Å². The molecule has 0 saturated carbocycles. The molecule has 0 spiro atoms. The normalized spacial score (nSPS) is 10.9. The van der Waals surface area contributed by atoms with Crippen LogP contribution < -0.4 is 17.0 Å². The van der Waals surface area contributed by atoms with Crippen molar-refractivity contribution in [2.75, 3.05) is 5.73 Å². The first-order valence-corrected chi connectivity index (χ1v) is 8.24. The van der Waals surface area contributed by atoms with Gasteiger partial charge in [0, 0.05) is 12.6 Å². The summed E-state index contributed by atoms with van der Waals surface area (Å²) in [5, 5.41) is 0. The lowest BCUT2D eigenvalue weighted by atomic mass is 10.1. The zero-order valence-electron chi connectivity index (χ0n) is 13.2. The predicted molar refractivity (Wildman–Crippen MR) is 87.6 cm³/mol. The predicted octanol–water partition coefficient (Wildman–Crippen LogP) is 3.04. The maximum atomic E-state index is 11.6. The number of nitrogen functional groups attached to an aromatic ring is 1. The minimum absolute atomic E-state index is 0.250. The summed E-state index contributed by atoms with van der Waals surface area (Å²) in [7, 11) is 0. The maximum Gasteiger partial charge on any atom is 0.329 e. The highest BCUT2D eigenvalue weighted by atomic mass is 16.2. The number of anilines is 1. The number of H-pyrrole nitrogens is 1. The Morgan fingerprint density at radius 2 is 1.48 bits per heavy atom. The van der Waals surface area contributed by atoms with E-state index in [2.05, 4.69) is 11.9 Å². The van der Waals surface area contributed by atoms with Crippen molar-refractivity contribution >= 4 is 5.82 Å². The van der Waals surface area contributed by atoms with E-state index >= 15 is 0 Å². The Morgan fingerprint density at radius 3 is 2.00 bits per heavy atom. The van der Waals surface area contributed by atoms with Gasteiger partial charge in [-0.2, -0.15) is 0 Å². The molecule has 0 amide bonds. The molecule has 0 radical (unpaired) electrons. The number of aromatic nitrogens is 2. The third-order valence-electron chi connectivity index (χ3n) is 3.80. The molecule has 5 heteroatoms. The Hall–Kier alpha value is -1.52. The van der Waals surface area contributed by atoms with Gasteiger partial charge in [-0.15, -0.1) is 0 Å². The molecule has 21 heavy (non-hydrogen) atoms. The van der Waals surface area contributed by atoms with Crippen molar-refractivity contribution in [1.29, 1.82) is 0 Å². The third kappa shape index (κ3) is 7.16. The summed E-state index contributed by atoms with van der Waals surface area (Å²) in [4.78, 5) is 24.9. The van der Waals surface area contributed by atoms with Crippen molar-refractivity contribution in [3.63, 3.8) is 0 Å². The van der Waals surface area contributed by atoms with Gasteiger partial charge in [0.25, 0.3) is 5.56 Å². The van der Waals surface area contributed by atoms with Gasteiger partial charge in [-0.1, -0.05) is 64.7 Å². The lowest BCUT2D eigenvalue weighted by Crippen LogP contribution is -2.31. The van der Waals surface area contributed by atoms with Crippen LogP contribution in [-0.2, 0) is 6.54 Å². The molecule has 5 nitrogen and oxygen atoms in total. The summed E-state index contributed by atoms with van der Waals surface area (Å²) in [6.45, 7) is 2.82. The van der Waals surface area contributed by atoms with Gasteiger partial charge in [0.1, 0.15) is 5.82 Å². The van der Waals surface area contributed by atoms with Gasteiger partial charge in [0.05, 0.1) is 0 Å². The monoisotopic (exact) mass is 295 g/mol. The van der Waals surface area contributed by atoms with Crippen LogP contribution in [0.5, 0.6) is 0 Å². The fraction of sp³-hybridized carbons (Fsp3) is 0.750. The number of rotatable bonds is 11. The second-order valence-electron chi connectivity index (χ2n) is 5.70. The van der Waals surface area contributed by atoms with E-state index < -0.39 is 11.2 Å². The molecule has 0 aliphatic rings. The number of hydrogen-bond acceptors (Lipinski definition) is 3. The summed E-state index contributed by atoms with van der Waals surface area (Å²) >= 11 is 0. The summed E-state index contributed by atoms with van der Waals surface area (Å²) < 4.78 is 1.44. The highest BCUT2D eigenvalue weighted by Crippen LogP contribution is 2.11. The fourth-order valence-corrected chi connectivity index (χ4v) is 2.53. The van der Waals surface area contributed by atoms with Gasteiger partial charge in [0.15, 0.2) is 0 Å². The largest absolute Gasteiger partial charge is 0.385 e. The van der Waals surface area contributed by atoms with Crippen molar-refractivity contribution in [2.24, 2.45) is 0 Å². The van der Waals surface area contributed by atoms with E-state index in [-0.39, 0.29) is 5.82 Å². The van der Waals surface area contributed by atoms with Crippen molar-refractivity contribution in [2.45, 2.75) is 77.7 Å². The molecule has 0 unspecified atom stereocenters. The van der Waals surface area contributed by atoms with Crippen LogP contribution in [0.1, 0.15) is 71.1 Å². The van der Waals surface area contributed by atoms with Crippen molar-refractivity contribution in [3.8, 4) is 0 Å². The van der Waals surface area contributed by atoms with E-state index in [1.165, 1.54) is 62.0 Å². The summed E-state index contributed by atoms with van der Waals surface area (Å²) in [5.74, 6) is 0.250. The van der Waals surface area contributed by atoms with Gasteiger partial charge in [-0.3, -0.25) is 14.3 Å². The van der Waals surface area contributed by atoms with Gasteiger partial charge >= 0.3 is 5.69 Å². The van der Waals surface area contributed by atoms with Crippen LogP contribution in [0.3, 0.4) is 0 Å². The SMILES string of the molecule is CCCCCCCCCCCCn1c(N)cc(=O)[nH]c1=O. The molecule has 0 aliphatic carbocycles. The highest BCUT2D eigenvalue weighted by Gasteiger charge is 2.02. The average molecular weight is 295 g/mol. The number of nitrogens with two attached hydrogens (primary N) is 1. The highest BCUT2D eigenvalue weighted by molar-refractivity contribution is 5.25. The fourth-order valence-electron chi connectivity index (χ4n) is 2.53. The van der Waals surface area contributed by atoms with E-state index in [0.29, 0.717) is 6.54 Å². The van der Waals surface area contributed by atoms with E-state index in [9.17, 15) is 9.59 Å². The lowest BCUT2D eigenvalue weighted by Gasteiger charge is -2.08. The Bertz CT molecular complexity index is 505. The second kappa shape index (κ2) is 10.2. The zero-order chi connectivity index (χ0) is 15.5. The van der Waals surface area contributed by atoms with E-state index in [0.717, 1.165) is 12.8 Å². The van der Waals surface area contributed by atoms with Gasteiger partial charge < -0.3 is 5.73 Å². The molecule has 0 aliphatic heterocycles. The standard InChI is InChI=1S/C16H29N3O2/c1-2-3-4-5-6-7-8-9-10-11-12-19-14(17)13-15(20)18-16(19)21/h13H,2-12,17H2,1H3,(H,18,20,21). The first-order chi connectivity index (χ1) is 10.1. The van der Waals surface area contributed by atoms with Crippen LogP contribution in [0.4, 0.5) is 5.82 Å². The molecule has 0 bridgehead atoms. The summed E-state index contributed by atoms with van der Waals surface area (Å²) in [6.07, 6.45) is 12.5. The Balaban J connectivity index is 2.10. The number of unbranched alkanes of at least 4 members (excludes halogenated alkanes) is 9. The van der Waals surface area contributed by atoms with Crippen LogP contribution in [-0.4, -0.2) is 9.55 Å². The van der Waals surface area contributed by atoms with Crippen LogP contribution >= 0.6 is 0 Å². The molecule has 1 aromatic rings. The molecule has 1 heterocycles. The van der Waals surface area contributed by atoms with Gasteiger partial charge in [-0.25, -0.2) is 4.79 Å². The van der Waals surface area contributed by atoms with Crippen LogP contribution in [0.2, 0.25) is 0 Å². The molecule has 1 rings (SSSR count). The molecule has 0 aromatic carbocycles. The molecule has 0 atom stereocenters. The third-order valence-corrected chi connectivity index (χ3v) is 3.80. The quantitative estimate of drug-likeness (QED) is 0.616. The molecule has 120 valence electrons. The Kier molecular flexibility index (Phi) is 8.55. The number of nitrogens with one attached hydrogen (secondary N) is 1. The first-order valence-electron chi connectivity index (χ1n) is 8.24. The van der Waals surface area contributed by atoms with E-state index in [1.54, 1.807) is 0 Å². The first kappa shape index (κ1) is 17.5. The van der Waals surface area contributed by atoms with E-state index in [4.69, 9.17) is 5.73 Å². The summed E-state index contributed by atoms with van der Waals surface area (Å²) in [5.41, 5.74) is 4.85. The lowest BCUT2D eigenvalue weighted by molar-refractivity contribution is 0.528. The molecule has 1 aromatic heterocycles. The number of aromatic amines is 1. The smallest absolute Gasteiger partial charge is 0.329 e. The van der Waals surface area contributed by atoms with E-state index in [1.807, 2.05) is 0 Å². The second-order valence-corrected chi connectivity index (χ2v) is 5.70. The molecular weight excluding hydrogens is 266 g/mol. The van der Waals surface area contributed by atoms with Crippen LogP contribution in [0, 0.1) is 0 Å². The number of hydrogen-bond donors (Lipinski definition) is 2. The minimum Gasteiger partial charge on any atom is -0.385 e. The van der Waals surface area contributed by atoms with Crippen LogP contribution in [0.25, 0.3) is 0 Å².